The number of thiol groups is 3. The standard InChI is InChI=1S/C6H15O4PS3/c7-11(8-1-4-12,9-2-5-13)10-3-6-14/h12-14H,1-6H2. The lowest BCUT2D eigenvalue weighted by molar-refractivity contribution is 0.129. The molecule has 8 heteroatoms. The molecule has 0 saturated carbocycles. The molecule has 0 bridgehead atoms. The SMILES string of the molecule is O=P(OCCS)(OCCS)OCCS. The largest absolute Gasteiger partial charge is 0.474 e. The Bertz CT molecular complexity index is 152. The third-order valence-corrected chi connectivity index (χ3v) is 3.07. The van der Waals surface area contributed by atoms with Gasteiger partial charge in [0.15, 0.2) is 0 Å². The van der Waals surface area contributed by atoms with E-state index < -0.39 is 7.82 Å². The number of rotatable bonds is 9. The van der Waals surface area contributed by atoms with E-state index >= 15 is 0 Å². The van der Waals surface area contributed by atoms with E-state index in [-0.39, 0.29) is 19.8 Å². The molecule has 0 spiro atoms. The highest BCUT2D eigenvalue weighted by atomic mass is 32.1. The van der Waals surface area contributed by atoms with Gasteiger partial charge < -0.3 is 0 Å². The molecule has 0 saturated heterocycles. The van der Waals surface area contributed by atoms with Crippen LogP contribution in [0.1, 0.15) is 0 Å². The van der Waals surface area contributed by atoms with E-state index in [1.165, 1.54) is 0 Å². The Morgan fingerprint density at radius 3 is 1.29 bits per heavy atom. The van der Waals surface area contributed by atoms with E-state index in [9.17, 15) is 4.57 Å². The molecule has 0 unspecified atom stereocenters. The van der Waals surface area contributed by atoms with Gasteiger partial charge in [-0.2, -0.15) is 37.9 Å². The van der Waals surface area contributed by atoms with E-state index in [4.69, 9.17) is 13.6 Å². The van der Waals surface area contributed by atoms with Gasteiger partial charge in [-0.25, -0.2) is 4.57 Å². The molecule has 0 aromatic carbocycles. The highest BCUT2D eigenvalue weighted by Crippen LogP contribution is 2.49. The van der Waals surface area contributed by atoms with E-state index in [0.29, 0.717) is 17.3 Å². The van der Waals surface area contributed by atoms with E-state index in [2.05, 4.69) is 37.9 Å². The van der Waals surface area contributed by atoms with Crippen molar-refractivity contribution in [2.24, 2.45) is 0 Å². The van der Waals surface area contributed by atoms with E-state index in [0.717, 1.165) is 0 Å². The van der Waals surface area contributed by atoms with Crippen molar-refractivity contribution < 1.29 is 18.1 Å². The minimum Gasteiger partial charge on any atom is -0.286 e. The topological polar surface area (TPSA) is 44.8 Å². The van der Waals surface area contributed by atoms with Gasteiger partial charge in [0.1, 0.15) is 0 Å². The molecule has 0 rings (SSSR count). The third kappa shape index (κ3) is 7.45. The maximum atomic E-state index is 11.7. The number of hydrogen-bond acceptors (Lipinski definition) is 7. The summed E-state index contributed by atoms with van der Waals surface area (Å²) >= 11 is 11.8. The molecule has 0 aromatic heterocycles. The van der Waals surface area contributed by atoms with Crippen LogP contribution < -0.4 is 0 Å². The van der Waals surface area contributed by atoms with Crippen molar-refractivity contribution in [3.05, 3.63) is 0 Å². The molecule has 0 amide bonds. The van der Waals surface area contributed by atoms with Gasteiger partial charge in [-0.3, -0.25) is 13.6 Å². The Kier molecular flexibility index (Phi) is 10.2. The van der Waals surface area contributed by atoms with Gasteiger partial charge in [0.2, 0.25) is 0 Å². The first-order valence-corrected chi connectivity index (χ1v) is 7.40. The van der Waals surface area contributed by atoms with Crippen molar-refractivity contribution in [3.8, 4) is 0 Å². The van der Waals surface area contributed by atoms with Crippen LogP contribution in [-0.2, 0) is 18.1 Å². The summed E-state index contributed by atoms with van der Waals surface area (Å²) in [6.45, 7) is 0.665. The van der Waals surface area contributed by atoms with E-state index in [1.807, 2.05) is 0 Å². The zero-order valence-corrected chi connectivity index (χ0v) is 11.2. The van der Waals surface area contributed by atoms with Gasteiger partial charge in [-0.1, -0.05) is 0 Å². The van der Waals surface area contributed by atoms with Gasteiger partial charge in [-0.05, 0) is 0 Å². The fraction of sp³-hybridized carbons (Fsp3) is 1.00. The Hall–Kier alpha value is 1.16. The molecule has 0 aliphatic rings. The molecular weight excluding hydrogens is 263 g/mol. The highest BCUT2D eigenvalue weighted by molar-refractivity contribution is 7.80. The van der Waals surface area contributed by atoms with Crippen molar-refractivity contribution in [2.45, 2.75) is 0 Å². The van der Waals surface area contributed by atoms with Crippen molar-refractivity contribution in [3.63, 3.8) is 0 Å². The summed E-state index contributed by atoms with van der Waals surface area (Å²) in [5.41, 5.74) is 0. The van der Waals surface area contributed by atoms with Gasteiger partial charge in [0.25, 0.3) is 0 Å². The molecule has 0 N–H and O–H groups in total. The van der Waals surface area contributed by atoms with Crippen LogP contribution in [0.25, 0.3) is 0 Å². The average molecular weight is 278 g/mol. The third-order valence-electron chi connectivity index (χ3n) is 1.02. The van der Waals surface area contributed by atoms with Crippen LogP contribution in [0.15, 0.2) is 0 Å². The summed E-state index contributed by atoms with van der Waals surface area (Å²) in [6, 6.07) is 0. The summed E-state index contributed by atoms with van der Waals surface area (Å²) in [4.78, 5) is 0. The van der Waals surface area contributed by atoms with Crippen LogP contribution >= 0.6 is 45.7 Å². The van der Waals surface area contributed by atoms with Crippen molar-refractivity contribution >= 4 is 45.7 Å². The lowest BCUT2D eigenvalue weighted by Crippen LogP contribution is -2.05. The normalized spacial score (nSPS) is 11.9. The number of phosphoric acid groups is 1. The van der Waals surface area contributed by atoms with Gasteiger partial charge in [0.05, 0.1) is 19.8 Å². The fourth-order valence-electron chi connectivity index (χ4n) is 0.570. The van der Waals surface area contributed by atoms with Crippen LogP contribution in [0.2, 0.25) is 0 Å². The van der Waals surface area contributed by atoms with Crippen molar-refractivity contribution in [1.82, 2.24) is 0 Å². The molecule has 86 valence electrons. The Labute approximate surface area is 101 Å². The van der Waals surface area contributed by atoms with Gasteiger partial charge in [0, 0.05) is 17.3 Å². The van der Waals surface area contributed by atoms with Crippen molar-refractivity contribution in [1.29, 1.82) is 0 Å². The first-order valence-electron chi connectivity index (χ1n) is 4.05. The fourth-order valence-corrected chi connectivity index (χ4v) is 2.44. The molecule has 14 heavy (non-hydrogen) atoms. The van der Waals surface area contributed by atoms with E-state index in [1.54, 1.807) is 0 Å². The van der Waals surface area contributed by atoms with Crippen LogP contribution in [0.3, 0.4) is 0 Å². The summed E-state index contributed by atoms with van der Waals surface area (Å²) in [5.74, 6) is 1.37. The zero-order chi connectivity index (χ0) is 10.9. The quantitative estimate of drug-likeness (QED) is 0.445. The maximum Gasteiger partial charge on any atom is 0.474 e. The lowest BCUT2D eigenvalue weighted by Gasteiger charge is -2.16. The zero-order valence-electron chi connectivity index (χ0n) is 7.66. The predicted octanol–water partition coefficient (Wildman–Crippen LogP) is 1.93. The Morgan fingerprint density at radius 2 is 1.07 bits per heavy atom. The summed E-state index contributed by atoms with van der Waals surface area (Å²) in [6.07, 6.45) is 0. The molecule has 4 nitrogen and oxygen atoms in total. The summed E-state index contributed by atoms with van der Waals surface area (Å²) < 4.78 is 26.6. The molecule has 0 heterocycles. The van der Waals surface area contributed by atoms with Gasteiger partial charge >= 0.3 is 7.82 Å². The molecule has 0 aliphatic carbocycles. The maximum absolute atomic E-state index is 11.7. The molecule has 0 radical (unpaired) electrons. The van der Waals surface area contributed by atoms with Crippen LogP contribution in [0.4, 0.5) is 0 Å². The van der Waals surface area contributed by atoms with Gasteiger partial charge in [-0.15, -0.1) is 0 Å². The number of hydrogen-bond donors (Lipinski definition) is 3. The second-order valence-corrected chi connectivity index (χ2v) is 5.13. The van der Waals surface area contributed by atoms with Crippen molar-refractivity contribution in [2.75, 3.05) is 37.1 Å². The molecule has 0 aliphatic heterocycles. The first kappa shape index (κ1) is 15.2. The Morgan fingerprint density at radius 1 is 0.786 bits per heavy atom. The smallest absolute Gasteiger partial charge is 0.286 e. The van der Waals surface area contributed by atoms with Crippen LogP contribution in [0.5, 0.6) is 0 Å². The second-order valence-electron chi connectivity index (χ2n) is 2.12. The average Bonchev–Trinajstić information content (AvgIpc) is 2.21. The Balaban J connectivity index is 3.97. The highest BCUT2D eigenvalue weighted by Gasteiger charge is 2.25. The molecule has 0 atom stereocenters. The lowest BCUT2D eigenvalue weighted by atomic mass is 10.9. The molecular formula is C6H15O4PS3. The molecule has 0 aromatic rings. The minimum atomic E-state index is -3.42. The number of phosphoric ester groups is 1. The molecule has 0 fully saturated rings. The summed E-state index contributed by atoms with van der Waals surface area (Å²) in [7, 11) is -3.42. The minimum absolute atomic E-state index is 0.222. The first-order chi connectivity index (χ1) is 6.68. The second kappa shape index (κ2) is 9.39. The summed E-state index contributed by atoms with van der Waals surface area (Å²) in [5, 5.41) is 0. The van der Waals surface area contributed by atoms with Crippen LogP contribution in [-0.4, -0.2) is 37.1 Å². The van der Waals surface area contributed by atoms with Crippen LogP contribution in [0, 0.1) is 0 Å². The monoisotopic (exact) mass is 278 g/mol. The predicted molar refractivity (Wildman–Crippen MR) is 67.0 cm³/mol.